The molecular formula is C13H20N4S. The van der Waals surface area contributed by atoms with Crippen LogP contribution in [-0.2, 0) is 6.54 Å². The molecule has 1 aromatic heterocycles. The minimum absolute atomic E-state index is 0.624. The Morgan fingerprint density at radius 2 is 1.94 bits per heavy atom. The summed E-state index contributed by atoms with van der Waals surface area (Å²) < 4.78 is 2.08. The van der Waals surface area contributed by atoms with E-state index in [-0.39, 0.29) is 0 Å². The molecule has 0 aromatic carbocycles. The normalized spacial score (nSPS) is 16.7. The van der Waals surface area contributed by atoms with Crippen molar-refractivity contribution in [3.8, 4) is 6.07 Å². The second kappa shape index (κ2) is 5.68. The molecule has 0 aliphatic carbocycles. The summed E-state index contributed by atoms with van der Waals surface area (Å²) in [6.45, 7) is 8.23. The third-order valence-electron chi connectivity index (χ3n) is 3.72. The maximum absolute atomic E-state index is 9.10. The van der Waals surface area contributed by atoms with Crippen LogP contribution in [0.3, 0.4) is 0 Å². The molecule has 0 spiro atoms. The van der Waals surface area contributed by atoms with Crippen molar-refractivity contribution >= 4 is 17.6 Å². The lowest BCUT2D eigenvalue weighted by atomic mass is 10.2. The molecular weight excluding hydrogens is 244 g/mol. The molecule has 2 rings (SSSR count). The van der Waals surface area contributed by atoms with E-state index in [1.54, 1.807) is 0 Å². The van der Waals surface area contributed by atoms with Crippen LogP contribution in [0.2, 0.25) is 0 Å². The second-order valence-corrected chi connectivity index (χ2v) is 5.91. The Labute approximate surface area is 113 Å². The Balaban J connectivity index is 2.07. The van der Waals surface area contributed by atoms with Gasteiger partial charge in [-0.2, -0.15) is 17.0 Å². The van der Waals surface area contributed by atoms with E-state index in [0.717, 1.165) is 37.4 Å². The van der Waals surface area contributed by atoms with Gasteiger partial charge in [-0.1, -0.05) is 0 Å². The Bertz CT molecular complexity index is 466. The highest BCUT2D eigenvalue weighted by Gasteiger charge is 2.16. The zero-order valence-electron chi connectivity index (χ0n) is 11.1. The third-order valence-corrected chi connectivity index (χ3v) is 4.67. The summed E-state index contributed by atoms with van der Waals surface area (Å²) in [6.07, 6.45) is 0. The summed E-state index contributed by atoms with van der Waals surface area (Å²) >= 11 is 2.02. The van der Waals surface area contributed by atoms with Gasteiger partial charge in [0.1, 0.15) is 11.9 Å². The topological polar surface area (TPSA) is 58.0 Å². The van der Waals surface area contributed by atoms with Gasteiger partial charge in [-0.25, -0.2) is 0 Å². The van der Waals surface area contributed by atoms with Crippen LogP contribution < -0.4 is 5.73 Å². The fraction of sp³-hybridized carbons (Fsp3) is 0.615. The number of nitriles is 1. The molecule has 0 atom stereocenters. The first kappa shape index (κ1) is 13.3. The SMILES string of the molecule is Cc1c(C#N)c(N)n(CCN2CCSCC2)c1C. The van der Waals surface area contributed by atoms with E-state index in [1.807, 2.05) is 25.6 Å². The highest BCUT2D eigenvalue weighted by molar-refractivity contribution is 7.99. The van der Waals surface area contributed by atoms with Crippen LogP contribution in [-0.4, -0.2) is 40.6 Å². The molecule has 2 heterocycles. The molecule has 1 saturated heterocycles. The second-order valence-electron chi connectivity index (χ2n) is 4.69. The van der Waals surface area contributed by atoms with Crippen molar-refractivity contribution < 1.29 is 0 Å². The number of aromatic nitrogens is 1. The van der Waals surface area contributed by atoms with Crippen molar-refractivity contribution in [1.82, 2.24) is 9.47 Å². The Morgan fingerprint density at radius 3 is 2.50 bits per heavy atom. The molecule has 0 unspecified atom stereocenters. The first-order chi connectivity index (χ1) is 8.65. The Morgan fingerprint density at radius 1 is 1.28 bits per heavy atom. The zero-order valence-corrected chi connectivity index (χ0v) is 11.9. The van der Waals surface area contributed by atoms with Crippen LogP contribution in [0.5, 0.6) is 0 Å². The Kier molecular flexibility index (Phi) is 4.20. The molecule has 0 amide bonds. The van der Waals surface area contributed by atoms with Crippen LogP contribution in [0.15, 0.2) is 0 Å². The first-order valence-electron chi connectivity index (χ1n) is 6.30. The van der Waals surface area contributed by atoms with E-state index in [9.17, 15) is 0 Å². The summed E-state index contributed by atoms with van der Waals surface area (Å²) in [5.41, 5.74) is 8.83. The van der Waals surface area contributed by atoms with Crippen molar-refractivity contribution in [3.63, 3.8) is 0 Å². The van der Waals surface area contributed by atoms with Gasteiger partial charge in [-0.15, -0.1) is 0 Å². The smallest absolute Gasteiger partial charge is 0.122 e. The molecule has 1 aliphatic rings. The summed E-state index contributed by atoms with van der Waals surface area (Å²) in [5.74, 6) is 3.07. The minimum Gasteiger partial charge on any atom is -0.384 e. The summed E-state index contributed by atoms with van der Waals surface area (Å²) in [7, 11) is 0. The van der Waals surface area contributed by atoms with Crippen molar-refractivity contribution in [2.45, 2.75) is 20.4 Å². The van der Waals surface area contributed by atoms with Crippen LogP contribution in [0.4, 0.5) is 5.82 Å². The molecule has 98 valence electrons. The number of nitrogens with two attached hydrogens (primary N) is 1. The van der Waals surface area contributed by atoms with Crippen LogP contribution in [0.25, 0.3) is 0 Å². The van der Waals surface area contributed by atoms with Crippen molar-refractivity contribution in [2.75, 3.05) is 36.9 Å². The standard InChI is InChI=1S/C13H20N4S/c1-10-11(2)17(13(15)12(10)9-14)4-3-16-5-7-18-8-6-16/h3-8,15H2,1-2H3. The van der Waals surface area contributed by atoms with E-state index < -0.39 is 0 Å². The monoisotopic (exact) mass is 264 g/mol. The predicted molar refractivity (Wildman–Crippen MR) is 76.8 cm³/mol. The van der Waals surface area contributed by atoms with Gasteiger partial charge < -0.3 is 10.3 Å². The van der Waals surface area contributed by atoms with Gasteiger partial charge >= 0.3 is 0 Å². The summed E-state index contributed by atoms with van der Waals surface area (Å²) in [5, 5.41) is 9.10. The molecule has 2 N–H and O–H groups in total. The maximum atomic E-state index is 9.10. The first-order valence-corrected chi connectivity index (χ1v) is 7.46. The van der Waals surface area contributed by atoms with Gasteiger partial charge in [0.15, 0.2) is 0 Å². The number of hydrogen-bond acceptors (Lipinski definition) is 4. The van der Waals surface area contributed by atoms with E-state index in [1.165, 1.54) is 11.5 Å². The van der Waals surface area contributed by atoms with Gasteiger partial charge in [-0.05, 0) is 19.4 Å². The van der Waals surface area contributed by atoms with Gasteiger partial charge in [0.2, 0.25) is 0 Å². The van der Waals surface area contributed by atoms with E-state index in [0.29, 0.717) is 11.4 Å². The predicted octanol–water partition coefficient (Wildman–Crippen LogP) is 1.61. The molecule has 5 heteroatoms. The van der Waals surface area contributed by atoms with Crippen molar-refractivity contribution in [3.05, 3.63) is 16.8 Å². The number of hydrogen-bond donors (Lipinski definition) is 1. The van der Waals surface area contributed by atoms with E-state index >= 15 is 0 Å². The number of anilines is 1. The highest BCUT2D eigenvalue weighted by Crippen LogP contribution is 2.23. The molecule has 4 nitrogen and oxygen atoms in total. The average Bonchev–Trinajstić information content (AvgIpc) is 2.60. The van der Waals surface area contributed by atoms with Gasteiger partial charge in [0.05, 0.1) is 5.56 Å². The molecule has 1 aromatic rings. The highest BCUT2D eigenvalue weighted by atomic mass is 32.2. The van der Waals surface area contributed by atoms with E-state index in [4.69, 9.17) is 11.0 Å². The molecule has 1 aliphatic heterocycles. The summed E-state index contributed by atoms with van der Waals surface area (Å²) in [6, 6.07) is 2.20. The quantitative estimate of drug-likeness (QED) is 0.901. The van der Waals surface area contributed by atoms with Gasteiger partial charge in [0.25, 0.3) is 0 Å². The summed E-state index contributed by atoms with van der Waals surface area (Å²) in [4.78, 5) is 2.47. The fourth-order valence-electron chi connectivity index (χ4n) is 2.39. The van der Waals surface area contributed by atoms with Crippen LogP contribution in [0, 0.1) is 25.2 Å². The number of nitrogens with zero attached hydrogens (tertiary/aromatic N) is 3. The Hall–Kier alpha value is -1.12. The molecule has 0 saturated carbocycles. The zero-order chi connectivity index (χ0) is 13.1. The number of nitrogen functional groups attached to an aromatic ring is 1. The molecule has 0 radical (unpaired) electrons. The largest absolute Gasteiger partial charge is 0.384 e. The molecule has 1 fully saturated rings. The van der Waals surface area contributed by atoms with E-state index in [2.05, 4.69) is 15.5 Å². The lowest BCUT2D eigenvalue weighted by molar-refractivity contribution is 0.289. The van der Waals surface area contributed by atoms with Crippen LogP contribution >= 0.6 is 11.8 Å². The number of thioether (sulfide) groups is 1. The van der Waals surface area contributed by atoms with Crippen molar-refractivity contribution in [1.29, 1.82) is 5.26 Å². The van der Waals surface area contributed by atoms with Gasteiger partial charge in [0, 0.05) is 43.4 Å². The van der Waals surface area contributed by atoms with Crippen LogP contribution in [0.1, 0.15) is 16.8 Å². The lowest BCUT2D eigenvalue weighted by Gasteiger charge is -2.26. The minimum atomic E-state index is 0.624. The molecule has 0 bridgehead atoms. The lowest BCUT2D eigenvalue weighted by Crippen LogP contribution is -2.35. The fourth-order valence-corrected chi connectivity index (χ4v) is 3.37. The maximum Gasteiger partial charge on any atom is 0.122 e. The van der Waals surface area contributed by atoms with Crippen molar-refractivity contribution in [2.24, 2.45) is 0 Å². The number of rotatable bonds is 3. The average molecular weight is 264 g/mol. The van der Waals surface area contributed by atoms with Gasteiger partial charge in [-0.3, -0.25) is 4.90 Å². The molecule has 18 heavy (non-hydrogen) atoms. The third kappa shape index (κ3) is 2.50.